The second-order valence-electron chi connectivity index (χ2n) is 5.55. The predicted octanol–water partition coefficient (Wildman–Crippen LogP) is 2.91. The van der Waals surface area contributed by atoms with E-state index in [1.54, 1.807) is 24.3 Å². The number of rotatable bonds is 5. The second kappa shape index (κ2) is 6.89. The molecule has 0 aliphatic heterocycles. The van der Waals surface area contributed by atoms with E-state index in [4.69, 9.17) is 5.73 Å². The highest BCUT2D eigenvalue weighted by Gasteiger charge is 2.19. The third kappa shape index (κ3) is 3.73. The number of primary amides is 1. The summed E-state index contributed by atoms with van der Waals surface area (Å²) in [4.78, 5) is 23.4. The van der Waals surface area contributed by atoms with Crippen molar-refractivity contribution in [1.29, 1.82) is 0 Å². The van der Waals surface area contributed by atoms with Gasteiger partial charge >= 0.3 is 0 Å². The zero-order valence-corrected chi connectivity index (χ0v) is 12.7. The van der Waals surface area contributed by atoms with Crippen molar-refractivity contribution in [2.75, 3.05) is 0 Å². The Balaban J connectivity index is 2.16. The standard InChI is InChI=1S/C18H20N2O2/c1-12(2)16(13-6-4-3-5-7-13)20-18(22)15-10-8-14(9-11-15)17(19)21/h3-12,16H,1-2H3,(H2,19,21)(H,20,22). The van der Waals surface area contributed by atoms with Gasteiger partial charge in [-0.15, -0.1) is 0 Å². The second-order valence-corrected chi connectivity index (χ2v) is 5.55. The fourth-order valence-corrected chi connectivity index (χ4v) is 2.31. The van der Waals surface area contributed by atoms with Gasteiger partial charge < -0.3 is 11.1 Å². The lowest BCUT2D eigenvalue weighted by atomic mass is 9.95. The number of benzene rings is 2. The first kappa shape index (κ1) is 15.8. The summed E-state index contributed by atoms with van der Waals surface area (Å²) in [5, 5.41) is 3.04. The van der Waals surface area contributed by atoms with Crippen molar-refractivity contribution in [2.24, 2.45) is 11.7 Å². The summed E-state index contributed by atoms with van der Waals surface area (Å²) in [6, 6.07) is 16.1. The Morgan fingerprint density at radius 1 is 0.909 bits per heavy atom. The molecule has 0 aliphatic rings. The largest absolute Gasteiger partial charge is 0.366 e. The molecule has 1 unspecified atom stereocenters. The van der Waals surface area contributed by atoms with Crippen molar-refractivity contribution >= 4 is 11.8 Å². The topological polar surface area (TPSA) is 72.2 Å². The number of nitrogens with two attached hydrogens (primary N) is 1. The Hall–Kier alpha value is -2.62. The van der Waals surface area contributed by atoms with Gasteiger partial charge in [-0.2, -0.15) is 0 Å². The molecule has 0 spiro atoms. The van der Waals surface area contributed by atoms with Crippen LogP contribution in [0.2, 0.25) is 0 Å². The highest BCUT2D eigenvalue weighted by Crippen LogP contribution is 2.21. The van der Waals surface area contributed by atoms with Crippen LogP contribution in [0.3, 0.4) is 0 Å². The van der Waals surface area contributed by atoms with Gasteiger partial charge in [0, 0.05) is 11.1 Å². The van der Waals surface area contributed by atoms with Crippen LogP contribution < -0.4 is 11.1 Å². The van der Waals surface area contributed by atoms with E-state index in [2.05, 4.69) is 19.2 Å². The summed E-state index contributed by atoms with van der Waals surface area (Å²) in [6.07, 6.45) is 0. The molecule has 22 heavy (non-hydrogen) atoms. The molecular formula is C18H20N2O2. The molecule has 0 aromatic heterocycles. The summed E-state index contributed by atoms with van der Waals surface area (Å²) in [5.74, 6) is -0.411. The number of amides is 2. The fraction of sp³-hybridized carbons (Fsp3) is 0.222. The molecule has 0 radical (unpaired) electrons. The van der Waals surface area contributed by atoms with Gasteiger partial charge in [0.25, 0.3) is 5.91 Å². The van der Waals surface area contributed by atoms with E-state index >= 15 is 0 Å². The lowest BCUT2D eigenvalue weighted by molar-refractivity contribution is 0.0924. The van der Waals surface area contributed by atoms with Gasteiger partial charge in [0.05, 0.1) is 6.04 Å². The maximum absolute atomic E-state index is 12.4. The molecule has 3 N–H and O–H groups in total. The summed E-state index contributed by atoms with van der Waals surface area (Å²) in [7, 11) is 0. The minimum absolute atomic E-state index is 0.0653. The van der Waals surface area contributed by atoms with Crippen LogP contribution in [-0.4, -0.2) is 11.8 Å². The van der Waals surface area contributed by atoms with E-state index in [1.165, 1.54) is 0 Å². The number of hydrogen-bond donors (Lipinski definition) is 2. The van der Waals surface area contributed by atoms with Crippen LogP contribution in [0.25, 0.3) is 0 Å². The van der Waals surface area contributed by atoms with Crippen molar-refractivity contribution < 1.29 is 9.59 Å². The van der Waals surface area contributed by atoms with Gasteiger partial charge in [-0.3, -0.25) is 9.59 Å². The maximum Gasteiger partial charge on any atom is 0.251 e. The average molecular weight is 296 g/mol. The number of nitrogens with one attached hydrogen (secondary N) is 1. The van der Waals surface area contributed by atoms with Crippen molar-refractivity contribution in [3.05, 3.63) is 71.3 Å². The molecular weight excluding hydrogens is 276 g/mol. The number of carbonyl (C=O) groups excluding carboxylic acids is 2. The molecule has 1 atom stereocenters. The van der Waals surface area contributed by atoms with Gasteiger partial charge in [0.2, 0.25) is 5.91 Å². The molecule has 0 bridgehead atoms. The van der Waals surface area contributed by atoms with Crippen LogP contribution in [0.1, 0.15) is 46.2 Å². The Bertz CT molecular complexity index is 649. The van der Waals surface area contributed by atoms with Crippen LogP contribution in [0.4, 0.5) is 0 Å². The quantitative estimate of drug-likeness (QED) is 0.890. The molecule has 2 aromatic carbocycles. The Kier molecular flexibility index (Phi) is 4.94. The average Bonchev–Trinajstić information content (AvgIpc) is 2.53. The molecule has 114 valence electrons. The molecule has 0 saturated heterocycles. The molecule has 0 heterocycles. The Morgan fingerprint density at radius 2 is 1.45 bits per heavy atom. The smallest absolute Gasteiger partial charge is 0.251 e. The van der Waals surface area contributed by atoms with E-state index in [9.17, 15) is 9.59 Å². The third-order valence-corrected chi connectivity index (χ3v) is 3.54. The first-order valence-corrected chi connectivity index (χ1v) is 7.24. The summed E-state index contributed by atoms with van der Waals surface area (Å²) >= 11 is 0. The molecule has 4 nitrogen and oxygen atoms in total. The number of carbonyl (C=O) groups is 2. The fourth-order valence-electron chi connectivity index (χ4n) is 2.31. The highest BCUT2D eigenvalue weighted by molar-refractivity contribution is 5.97. The normalized spacial score (nSPS) is 12.0. The molecule has 4 heteroatoms. The summed E-state index contributed by atoms with van der Waals surface area (Å²) in [5.41, 5.74) is 7.16. The maximum atomic E-state index is 12.4. The van der Waals surface area contributed by atoms with Crippen molar-refractivity contribution in [1.82, 2.24) is 5.32 Å². The van der Waals surface area contributed by atoms with E-state index in [0.717, 1.165) is 5.56 Å². The Labute approximate surface area is 130 Å². The molecule has 2 rings (SSSR count). The zero-order chi connectivity index (χ0) is 16.1. The van der Waals surface area contributed by atoms with E-state index < -0.39 is 5.91 Å². The van der Waals surface area contributed by atoms with Gasteiger partial charge in [0.15, 0.2) is 0 Å². The van der Waals surface area contributed by atoms with Crippen LogP contribution in [0.15, 0.2) is 54.6 Å². The minimum atomic E-state index is -0.503. The molecule has 0 saturated carbocycles. The van der Waals surface area contributed by atoms with Gasteiger partial charge in [-0.25, -0.2) is 0 Å². The molecule has 2 aromatic rings. The van der Waals surface area contributed by atoms with E-state index in [0.29, 0.717) is 11.1 Å². The Morgan fingerprint density at radius 3 is 1.95 bits per heavy atom. The first-order chi connectivity index (χ1) is 10.5. The zero-order valence-electron chi connectivity index (χ0n) is 12.7. The highest BCUT2D eigenvalue weighted by atomic mass is 16.2. The van der Waals surface area contributed by atoms with Crippen LogP contribution >= 0.6 is 0 Å². The van der Waals surface area contributed by atoms with Crippen molar-refractivity contribution in [3.8, 4) is 0 Å². The SMILES string of the molecule is CC(C)C(NC(=O)c1ccc(C(N)=O)cc1)c1ccccc1. The summed E-state index contributed by atoms with van der Waals surface area (Å²) < 4.78 is 0. The third-order valence-electron chi connectivity index (χ3n) is 3.54. The summed E-state index contributed by atoms with van der Waals surface area (Å²) in [6.45, 7) is 4.13. The first-order valence-electron chi connectivity index (χ1n) is 7.24. The molecule has 0 fully saturated rings. The predicted molar refractivity (Wildman–Crippen MR) is 86.4 cm³/mol. The van der Waals surface area contributed by atoms with Crippen molar-refractivity contribution in [2.45, 2.75) is 19.9 Å². The van der Waals surface area contributed by atoms with Gasteiger partial charge in [0.1, 0.15) is 0 Å². The molecule has 2 amide bonds. The van der Waals surface area contributed by atoms with E-state index in [1.807, 2.05) is 30.3 Å². The lowest BCUT2D eigenvalue weighted by Gasteiger charge is -2.23. The van der Waals surface area contributed by atoms with Crippen LogP contribution in [0, 0.1) is 5.92 Å². The van der Waals surface area contributed by atoms with E-state index in [-0.39, 0.29) is 17.9 Å². The molecule has 0 aliphatic carbocycles. The van der Waals surface area contributed by atoms with Gasteiger partial charge in [-0.1, -0.05) is 44.2 Å². The number of hydrogen-bond acceptors (Lipinski definition) is 2. The minimum Gasteiger partial charge on any atom is -0.366 e. The van der Waals surface area contributed by atoms with Gasteiger partial charge in [-0.05, 0) is 35.7 Å². The monoisotopic (exact) mass is 296 g/mol. The van der Waals surface area contributed by atoms with Crippen LogP contribution in [0.5, 0.6) is 0 Å². The van der Waals surface area contributed by atoms with Crippen molar-refractivity contribution in [3.63, 3.8) is 0 Å². The lowest BCUT2D eigenvalue weighted by Crippen LogP contribution is -2.31. The van der Waals surface area contributed by atoms with Crippen LogP contribution in [-0.2, 0) is 0 Å².